The molecular weight excluding hydrogens is 352 g/mol. The number of esters is 1. The fraction of sp³-hybridized carbons (Fsp3) is 0.474. The summed E-state index contributed by atoms with van der Waals surface area (Å²) in [6.45, 7) is 2.54. The first kappa shape index (κ1) is 19.0. The molecule has 146 valence electrons. The molecule has 1 aromatic rings. The summed E-state index contributed by atoms with van der Waals surface area (Å²) in [6, 6.07) is 4.17. The lowest BCUT2D eigenvalue weighted by Gasteiger charge is -2.29. The highest BCUT2D eigenvalue weighted by Gasteiger charge is 2.35. The van der Waals surface area contributed by atoms with Crippen molar-refractivity contribution in [3.63, 3.8) is 0 Å². The van der Waals surface area contributed by atoms with Crippen molar-refractivity contribution in [2.75, 3.05) is 27.4 Å². The van der Waals surface area contributed by atoms with Gasteiger partial charge in [-0.05, 0) is 25.8 Å². The number of allylic oxidation sites excluding steroid dienone is 1. The molecule has 0 unspecified atom stereocenters. The van der Waals surface area contributed by atoms with Crippen molar-refractivity contribution in [1.29, 1.82) is 0 Å². The van der Waals surface area contributed by atoms with Crippen LogP contribution < -0.4 is 20.1 Å². The van der Waals surface area contributed by atoms with Crippen molar-refractivity contribution in [1.82, 2.24) is 10.6 Å². The number of methoxy groups -OCH3 is 2. The molecule has 2 aliphatic heterocycles. The lowest BCUT2D eigenvalue weighted by atomic mass is 9.94. The van der Waals surface area contributed by atoms with Gasteiger partial charge >= 0.3 is 12.0 Å². The molecule has 0 radical (unpaired) electrons. The van der Waals surface area contributed by atoms with Crippen LogP contribution in [-0.2, 0) is 14.3 Å². The number of amides is 2. The maximum Gasteiger partial charge on any atom is 0.338 e. The van der Waals surface area contributed by atoms with Crippen LogP contribution in [0.1, 0.15) is 31.4 Å². The molecule has 0 bridgehead atoms. The highest BCUT2D eigenvalue weighted by Crippen LogP contribution is 2.39. The summed E-state index contributed by atoms with van der Waals surface area (Å²) in [7, 11) is 3.04. The molecule has 8 nitrogen and oxygen atoms in total. The number of carbonyl (C=O) groups excluding carboxylic acids is 2. The Morgan fingerprint density at radius 2 is 2.11 bits per heavy atom. The van der Waals surface area contributed by atoms with E-state index in [1.165, 1.54) is 14.2 Å². The van der Waals surface area contributed by atoms with Crippen molar-refractivity contribution >= 4 is 12.0 Å². The van der Waals surface area contributed by atoms with E-state index >= 15 is 0 Å². The number of nitrogens with one attached hydrogen (secondary N) is 2. The van der Waals surface area contributed by atoms with Gasteiger partial charge in [-0.25, -0.2) is 9.59 Å². The van der Waals surface area contributed by atoms with E-state index in [0.717, 1.165) is 12.8 Å². The quantitative estimate of drug-likeness (QED) is 0.738. The fourth-order valence-corrected chi connectivity index (χ4v) is 3.36. The second-order valence-electron chi connectivity index (χ2n) is 6.39. The first-order valence-corrected chi connectivity index (χ1v) is 8.83. The molecule has 2 N–H and O–H groups in total. The van der Waals surface area contributed by atoms with Crippen LogP contribution in [0.4, 0.5) is 4.79 Å². The van der Waals surface area contributed by atoms with Gasteiger partial charge < -0.3 is 29.6 Å². The molecule has 0 aromatic heterocycles. The Morgan fingerprint density at radius 1 is 1.30 bits per heavy atom. The van der Waals surface area contributed by atoms with Gasteiger partial charge in [0.2, 0.25) is 0 Å². The Kier molecular flexibility index (Phi) is 5.85. The van der Waals surface area contributed by atoms with Crippen LogP contribution in [0.2, 0.25) is 0 Å². The van der Waals surface area contributed by atoms with E-state index in [9.17, 15) is 9.59 Å². The number of ether oxygens (including phenoxy) is 4. The molecule has 0 spiro atoms. The van der Waals surface area contributed by atoms with Crippen LogP contribution >= 0.6 is 0 Å². The molecule has 1 saturated heterocycles. The van der Waals surface area contributed by atoms with Crippen molar-refractivity contribution < 1.29 is 28.5 Å². The third kappa shape index (κ3) is 4.00. The van der Waals surface area contributed by atoms with Crippen LogP contribution in [0, 0.1) is 0 Å². The first-order chi connectivity index (χ1) is 13.0. The van der Waals surface area contributed by atoms with Gasteiger partial charge in [0, 0.05) is 17.9 Å². The molecule has 0 saturated carbocycles. The third-order valence-corrected chi connectivity index (χ3v) is 4.66. The average molecular weight is 376 g/mol. The predicted molar refractivity (Wildman–Crippen MR) is 96.6 cm³/mol. The van der Waals surface area contributed by atoms with E-state index in [1.807, 2.05) is 0 Å². The van der Waals surface area contributed by atoms with Gasteiger partial charge in [0.25, 0.3) is 0 Å². The van der Waals surface area contributed by atoms with Gasteiger partial charge in [-0.3, -0.25) is 0 Å². The van der Waals surface area contributed by atoms with Crippen molar-refractivity contribution in [2.45, 2.75) is 31.9 Å². The number of hydrogen-bond donors (Lipinski definition) is 2. The molecule has 2 amide bonds. The second-order valence-corrected chi connectivity index (χ2v) is 6.39. The number of carbonyl (C=O) groups is 2. The first-order valence-electron chi connectivity index (χ1n) is 8.83. The topological polar surface area (TPSA) is 95.1 Å². The van der Waals surface area contributed by atoms with Crippen LogP contribution in [0.3, 0.4) is 0 Å². The lowest BCUT2D eigenvalue weighted by molar-refractivity contribution is -0.142. The average Bonchev–Trinajstić information content (AvgIpc) is 3.18. The maximum absolute atomic E-state index is 12.8. The van der Waals surface area contributed by atoms with Crippen LogP contribution in [-0.4, -0.2) is 45.5 Å². The van der Waals surface area contributed by atoms with Gasteiger partial charge in [0.1, 0.15) is 6.61 Å². The van der Waals surface area contributed by atoms with E-state index in [1.54, 1.807) is 25.1 Å². The summed E-state index contributed by atoms with van der Waals surface area (Å²) in [6.07, 6.45) is 1.75. The molecular formula is C19H24N2O6. The number of urea groups is 1. The van der Waals surface area contributed by atoms with Gasteiger partial charge in [0.15, 0.2) is 11.5 Å². The van der Waals surface area contributed by atoms with E-state index in [2.05, 4.69) is 10.6 Å². The standard InChI is InChI=1S/C19H24N2O6/c1-11-15(18(22)27-10-12-6-5-9-26-12)16(21-19(23)20-11)13-7-4-8-14(24-2)17(13)25-3/h4,7-8,12,16H,5-6,9-10H2,1-3H3,(H2,20,21,23)/t12-,16-/m1/s1. The molecule has 2 atom stereocenters. The van der Waals surface area contributed by atoms with Crippen molar-refractivity contribution in [3.8, 4) is 11.5 Å². The monoisotopic (exact) mass is 376 g/mol. The molecule has 0 aliphatic carbocycles. The Morgan fingerprint density at radius 3 is 2.78 bits per heavy atom. The Balaban J connectivity index is 1.91. The van der Waals surface area contributed by atoms with E-state index in [0.29, 0.717) is 34.9 Å². The second kappa shape index (κ2) is 8.30. The summed E-state index contributed by atoms with van der Waals surface area (Å²) >= 11 is 0. The van der Waals surface area contributed by atoms with Crippen molar-refractivity contribution in [2.24, 2.45) is 0 Å². The Hall–Kier alpha value is -2.74. The number of rotatable bonds is 6. The summed E-state index contributed by atoms with van der Waals surface area (Å²) in [4.78, 5) is 24.9. The lowest BCUT2D eigenvalue weighted by Crippen LogP contribution is -2.45. The van der Waals surface area contributed by atoms with Crippen LogP contribution in [0.25, 0.3) is 0 Å². The number of benzene rings is 1. The minimum absolute atomic E-state index is 0.0780. The molecule has 27 heavy (non-hydrogen) atoms. The van der Waals surface area contributed by atoms with Gasteiger partial charge in [-0.1, -0.05) is 12.1 Å². The highest BCUT2D eigenvalue weighted by molar-refractivity contribution is 5.95. The highest BCUT2D eigenvalue weighted by atomic mass is 16.6. The minimum Gasteiger partial charge on any atom is -0.493 e. The summed E-state index contributed by atoms with van der Waals surface area (Å²) < 4.78 is 21.8. The SMILES string of the molecule is COc1cccc([C@H]2NC(=O)NC(C)=C2C(=O)OC[C@H]2CCCO2)c1OC. The summed E-state index contributed by atoms with van der Waals surface area (Å²) in [5.41, 5.74) is 1.36. The van der Waals surface area contributed by atoms with E-state index < -0.39 is 18.0 Å². The Bertz CT molecular complexity index is 755. The number of hydrogen-bond acceptors (Lipinski definition) is 6. The van der Waals surface area contributed by atoms with E-state index in [-0.39, 0.29) is 12.7 Å². The summed E-state index contributed by atoms with van der Waals surface area (Å²) in [5.74, 6) is 0.447. The fourth-order valence-electron chi connectivity index (χ4n) is 3.36. The maximum atomic E-state index is 12.8. The van der Waals surface area contributed by atoms with Crippen LogP contribution in [0.15, 0.2) is 29.5 Å². The zero-order valence-electron chi connectivity index (χ0n) is 15.7. The molecule has 2 heterocycles. The summed E-state index contributed by atoms with van der Waals surface area (Å²) in [5, 5.41) is 5.40. The molecule has 1 aromatic carbocycles. The zero-order chi connectivity index (χ0) is 19.4. The normalized spacial score (nSPS) is 22.1. The van der Waals surface area contributed by atoms with Gasteiger partial charge in [-0.15, -0.1) is 0 Å². The zero-order valence-corrected chi connectivity index (χ0v) is 15.7. The van der Waals surface area contributed by atoms with Gasteiger partial charge in [0.05, 0.1) is 31.9 Å². The Labute approximate surface area is 157 Å². The van der Waals surface area contributed by atoms with Crippen molar-refractivity contribution in [3.05, 3.63) is 35.0 Å². The smallest absolute Gasteiger partial charge is 0.338 e. The molecule has 1 fully saturated rings. The molecule has 3 rings (SSSR count). The molecule has 8 heteroatoms. The predicted octanol–water partition coefficient (Wildman–Crippen LogP) is 2.05. The largest absolute Gasteiger partial charge is 0.493 e. The van der Waals surface area contributed by atoms with E-state index in [4.69, 9.17) is 18.9 Å². The van der Waals surface area contributed by atoms with Gasteiger partial charge in [-0.2, -0.15) is 0 Å². The number of para-hydroxylation sites is 1. The van der Waals surface area contributed by atoms with Crippen LogP contribution in [0.5, 0.6) is 11.5 Å². The molecule has 2 aliphatic rings. The third-order valence-electron chi connectivity index (χ3n) is 4.66. The minimum atomic E-state index is -0.721.